The molecule has 2 rings (SSSR count). The summed E-state index contributed by atoms with van der Waals surface area (Å²) in [6.45, 7) is 0.711. The number of rotatable bonds is 4. The molecule has 0 amide bonds. The summed E-state index contributed by atoms with van der Waals surface area (Å²) in [5.74, 6) is 0.512. The van der Waals surface area contributed by atoms with Crippen LogP contribution in [0.1, 0.15) is 11.3 Å². The third kappa shape index (κ3) is 2.82. The summed E-state index contributed by atoms with van der Waals surface area (Å²) in [5.41, 5.74) is 7.03. The van der Waals surface area contributed by atoms with Gasteiger partial charge in [0, 0.05) is 19.8 Å². The van der Waals surface area contributed by atoms with Crippen molar-refractivity contribution >= 4 is 11.8 Å². The van der Waals surface area contributed by atoms with Crippen molar-refractivity contribution in [3.05, 3.63) is 53.9 Å². The minimum Gasteiger partial charge on any atom is -0.382 e. The molecule has 5 nitrogen and oxygen atoms in total. The van der Waals surface area contributed by atoms with Crippen LogP contribution < -0.4 is 10.6 Å². The molecular weight excluding hydrogens is 226 g/mol. The van der Waals surface area contributed by atoms with E-state index in [0.717, 1.165) is 0 Å². The highest BCUT2D eigenvalue weighted by molar-refractivity contribution is 5.93. The van der Waals surface area contributed by atoms with Crippen molar-refractivity contribution in [3.63, 3.8) is 0 Å². The monoisotopic (exact) mass is 241 g/mol. The standard InChI is InChI=1S/C13H15N5/c1-18(9-10-5-3-2-4-6-10)13-16-8-7-11(17-13)12(14)15/h2-8H,9H2,1H3,(H3,14,15). The first-order chi connectivity index (χ1) is 8.66. The maximum Gasteiger partial charge on any atom is 0.226 e. The van der Waals surface area contributed by atoms with Crippen molar-refractivity contribution in [2.45, 2.75) is 6.54 Å². The Hall–Kier alpha value is -2.43. The summed E-state index contributed by atoms with van der Waals surface area (Å²) in [5, 5.41) is 7.36. The number of nitrogens with zero attached hydrogens (tertiary/aromatic N) is 3. The largest absolute Gasteiger partial charge is 0.382 e. The van der Waals surface area contributed by atoms with Gasteiger partial charge in [-0.25, -0.2) is 9.97 Å². The van der Waals surface area contributed by atoms with E-state index in [2.05, 4.69) is 9.97 Å². The van der Waals surface area contributed by atoms with Crippen molar-refractivity contribution in [1.29, 1.82) is 5.41 Å². The second kappa shape index (κ2) is 5.27. The van der Waals surface area contributed by atoms with Crippen molar-refractivity contribution in [2.24, 2.45) is 5.73 Å². The van der Waals surface area contributed by atoms with Crippen LogP contribution >= 0.6 is 0 Å². The topological polar surface area (TPSA) is 78.9 Å². The van der Waals surface area contributed by atoms with Gasteiger partial charge in [0.15, 0.2) is 0 Å². The van der Waals surface area contributed by atoms with Gasteiger partial charge in [0.05, 0.1) is 0 Å². The van der Waals surface area contributed by atoms with Crippen LogP contribution in [0.15, 0.2) is 42.6 Å². The SMILES string of the molecule is CN(Cc1ccccc1)c1nccc(C(=N)N)n1. The molecule has 1 aromatic carbocycles. The lowest BCUT2D eigenvalue weighted by Gasteiger charge is -2.17. The quantitative estimate of drug-likeness (QED) is 0.626. The van der Waals surface area contributed by atoms with E-state index in [0.29, 0.717) is 18.2 Å². The fourth-order valence-corrected chi connectivity index (χ4v) is 1.61. The number of hydrogen-bond acceptors (Lipinski definition) is 4. The molecule has 0 aliphatic rings. The normalized spacial score (nSPS) is 10.1. The predicted octanol–water partition coefficient (Wildman–Crippen LogP) is 1.40. The number of hydrogen-bond donors (Lipinski definition) is 2. The molecule has 2 aromatic rings. The average molecular weight is 241 g/mol. The molecule has 0 fully saturated rings. The Balaban J connectivity index is 2.16. The molecule has 0 aliphatic heterocycles. The molecule has 0 bridgehead atoms. The third-order valence-corrected chi connectivity index (χ3v) is 2.52. The first kappa shape index (κ1) is 12.0. The Labute approximate surface area is 106 Å². The lowest BCUT2D eigenvalue weighted by atomic mass is 10.2. The van der Waals surface area contributed by atoms with Gasteiger partial charge in [-0.15, -0.1) is 0 Å². The third-order valence-electron chi connectivity index (χ3n) is 2.52. The number of nitrogens with one attached hydrogen (secondary N) is 1. The predicted molar refractivity (Wildman–Crippen MR) is 71.6 cm³/mol. The minimum atomic E-state index is -0.0493. The Morgan fingerprint density at radius 3 is 2.67 bits per heavy atom. The molecule has 0 radical (unpaired) electrons. The van der Waals surface area contributed by atoms with Crippen LogP contribution in [-0.2, 0) is 6.54 Å². The molecule has 18 heavy (non-hydrogen) atoms. The van der Waals surface area contributed by atoms with Crippen molar-refractivity contribution < 1.29 is 0 Å². The highest BCUT2D eigenvalue weighted by Gasteiger charge is 2.07. The Morgan fingerprint density at radius 2 is 2.00 bits per heavy atom. The number of benzene rings is 1. The molecule has 0 spiro atoms. The van der Waals surface area contributed by atoms with Gasteiger partial charge in [-0.1, -0.05) is 30.3 Å². The molecule has 0 unspecified atom stereocenters. The first-order valence-electron chi connectivity index (χ1n) is 5.59. The molecule has 1 heterocycles. The van der Waals surface area contributed by atoms with Gasteiger partial charge in [-0.2, -0.15) is 0 Å². The number of nitrogens with two attached hydrogens (primary N) is 1. The molecule has 0 saturated heterocycles. The van der Waals surface area contributed by atoms with Crippen LogP contribution in [0.2, 0.25) is 0 Å². The molecule has 0 saturated carbocycles. The Bertz CT molecular complexity index is 538. The summed E-state index contributed by atoms with van der Waals surface area (Å²) < 4.78 is 0. The van der Waals surface area contributed by atoms with E-state index in [9.17, 15) is 0 Å². The fraction of sp³-hybridized carbons (Fsp3) is 0.154. The summed E-state index contributed by atoms with van der Waals surface area (Å²) in [6, 6.07) is 11.7. The molecule has 92 valence electrons. The summed E-state index contributed by atoms with van der Waals surface area (Å²) in [7, 11) is 1.91. The van der Waals surface area contributed by atoms with Crippen LogP contribution in [0.5, 0.6) is 0 Å². The van der Waals surface area contributed by atoms with Gasteiger partial charge in [-0.3, -0.25) is 5.41 Å². The molecule has 1 aromatic heterocycles. The van der Waals surface area contributed by atoms with Gasteiger partial charge >= 0.3 is 0 Å². The average Bonchev–Trinajstić information content (AvgIpc) is 2.40. The van der Waals surface area contributed by atoms with E-state index in [-0.39, 0.29) is 5.84 Å². The zero-order valence-electron chi connectivity index (χ0n) is 10.2. The zero-order chi connectivity index (χ0) is 13.0. The highest BCUT2D eigenvalue weighted by Crippen LogP contribution is 2.10. The van der Waals surface area contributed by atoms with Gasteiger partial charge in [0.1, 0.15) is 11.5 Å². The first-order valence-corrected chi connectivity index (χ1v) is 5.59. The lowest BCUT2D eigenvalue weighted by Crippen LogP contribution is -2.21. The van der Waals surface area contributed by atoms with Gasteiger partial charge < -0.3 is 10.6 Å². The van der Waals surface area contributed by atoms with E-state index in [1.807, 2.05) is 42.3 Å². The molecule has 5 heteroatoms. The summed E-state index contributed by atoms with van der Waals surface area (Å²) >= 11 is 0. The van der Waals surface area contributed by atoms with Gasteiger partial charge in [0.2, 0.25) is 5.95 Å². The maximum atomic E-state index is 7.36. The fourth-order valence-electron chi connectivity index (χ4n) is 1.61. The summed E-state index contributed by atoms with van der Waals surface area (Å²) in [4.78, 5) is 10.3. The van der Waals surface area contributed by atoms with E-state index in [4.69, 9.17) is 11.1 Å². The van der Waals surface area contributed by atoms with Gasteiger partial charge in [-0.05, 0) is 11.6 Å². The molecule has 0 aliphatic carbocycles. The molecular formula is C13H15N5. The van der Waals surface area contributed by atoms with Gasteiger partial charge in [0.25, 0.3) is 0 Å². The van der Waals surface area contributed by atoms with Crippen LogP contribution in [0.4, 0.5) is 5.95 Å². The van der Waals surface area contributed by atoms with Crippen molar-refractivity contribution in [2.75, 3.05) is 11.9 Å². The van der Waals surface area contributed by atoms with E-state index >= 15 is 0 Å². The number of anilines is 1. The second-order valence-electron chi connectivity index (χ2n) is 4.00. The van der Waals surface area contributed by atoms with E-state index in [1.165, 1.54) is 5.56 Å². The molecule has 0 atom stereocenters. The van der Waals surface area contributed by atoms with Crippen molar-refractivity contribution in [3.8, 4) is 0 Å². The Morgan fingerprint density at radius 1 is 1.28 bits per heavy atom. The van der Waals surface area contributed by atoms with Crippen LogP contribution in [0.25, 0.3) is 0 Å². The molecule has 3 N–H and O–H groups in total. The smallest absolute Gasteiger partial charge is 0.226 e. The lowest BCUT2D eigenvalue weighted by molar-refractivity contribution is 0.864. The van der Waals surface area contributed by atoms with E-state index < -0.39 is 0 Å². The van der Waals surface area contributed by atoms with Crippen LogP contribution in [0.3, 0.4) is 0 Å². The number of aromatic nitrogens is 2. The maximum absolute atomic E-state index is 7.36. The number of nitrogen functional groups attached to an aromatic ring is 1. The Kier molecular flexibility index (Phi) is 3.52. The minimum absolute atomic E-state index is 0.0493. The summed E-state index contributed by atoms with van der Waals surface area (Å²) in [6.07, 6.45) is 1.61. The second-order valence-corrected chi connectivity index (χ2v) is 4.00. The van der Waals surface area contributed by atoms with E-state index in [1.54, 1.807) is 12.3 Å². The number of amidine groups is 1. The highest BCUT2D eigenvalue weighted by atomic mass is 15.2. The van der Waals surface area contributed by atoms with Crippen molar-refractivity contribution in [1.82, 2.24) is 9.97 Å². The zero-order valence-corrected chi connectivity index (χ0v) is 10.2. The van der Waals surface area contributed by atoms with Crippen LogP contribution in [0, 0.1) is 5.41 Å². The van der Waals surface area contributed by atoms with Crippen LogP contribution in [-0.4, -0.2) is 22.9 Å².